The summed E-state index contributed by atoms with van der Waals surface area (Å²) >= 11 is 0. The Kier molecular flexibility index (Phi) is 7.01. The van der Waals surface area contributed by atoms with Gasteiger partial charge in [0.05, 0.1) is 19.9 Å². The van der Waals surface area contributed by atoms with Crippen molar-refractivity contribution in [2.45, 2.75) is 19.9 Å². The van der Waals surface area contributed by atoms with Crippen LogP contribution in [0.5, 0.6) is 11.5 Å². The Morgan fingerprint density at radius 2 is 1.76 bits per heavy atom. The molecule has 0 spiro atoms. The zero-order valence-electron chi connectivity index (χ0n) is 19.7. The summed E-state index contributed by atoms with van der Waals surface area (Å²) in [6.45, 7) is 3.87. The first-order valence-corrected chi connectivity index (χ1v) is 11.2. The van der Waals surface area contributed by atoms with Crippen LogP contribution in [0.25, 0.3) is 0 Å². The molecule has 7 heteroatoms. The summed E-state index contributed by atoms with van der Waals surface area (Å²) in [4.78, 5) is 29.7. The maximum atomic E-state index is 13.4. The first-order chi connectivity index (χ1) is 16.5. The first kappa shape index (κ1) is 23.2. The molecular weight excluding hydrogens is 430 g/mol. The molecule has 1 N–H and O–H groups in total. The SMILES string of the molecule is COc1ccc(C(=O)Nc2ccc(OC)c(N3CCCN(Cc4cccc(C)c4)C3=O)c2)cc1. The molecule has 1 aliphatic rings. The first-order valence-electron chi connectivity index (χ1n) is 11.2. The van der Waals surface area contributed by atoms with Crippen molar-refractivity contribution in [2.24, 2.45) is 0 Å². The number of rotatable bonds is 7. The average Bonchev–Trinajstić information content (AvgIpc) is 2.85. The van der Waals surface area contributed by atoms with Gasteiger partial charge >= 0.3 is 6.03 Å². The van der Waals surface area contributed by atoms with E-state index in [4.69, 9.17) is 9.47 Å². The fourth-order valence-corrected chi connectivity index (χ4v) is 4.11. The Labute approximate surface area is 199 Å². The maximum absolute atomic E-state index is 13.4. The van der Waals surface area contributed by atoms with Crippen molar-refractivity contribution in [3.05, 3.63) is 83.4 Å². The Morgan fingerprint density at radius 1 is 0.971 bits per heavy atom. The van der Waals surface area contributed by atoms with Crippen molar-refractivity contribution in [1.29, 1.82) is 0 Å². The highest BCUT2D eigenvalue weighted by molar-refractivity contribution is 6.05. The van der Waals surface area contributed by atoms with E-state index in [1.165, 1.54) is 5.56 Å². The lowest BCUT2D eigenvalue weighted by Gasteiger charge is -2.36. The van der Waals surface area contributed by atoms with E-state index < -0.39 is 0 Å². The number of hydrogen-bond donors (Lipinski definition) is 1. The fraction of sp³-hybridized carbons (Fsp3) is 0.259. The standard InChI is InChI=1S/C27H29N3O4/c1-19-6-4-7-20(16-19)18-29-14-5-15-30(27(29)32)24-17-22(10-13-25(24)34-3)28-26(31)21-8-11-23(33-2)12-9-21/h4,6-13,16-17H,5,14-15,18H2,1-3H3,(H,28,31). The minimum Gasteiger partial charge on any atom is -0.497 e. The summed E-state index contributed by atoms with van der Waals surface area (Å²) < 4.78 is 10.7. The van der Waals surface area contributed by atoms with Crippen molar-refractivity contribution in [3.63, 3.8) is 0 Å². The van der Waals surface area contributed by atoms with Crippen molar-refractivity contribution >= 4 is 23.3 Å². The van der Waals surface area contributed by atoms with E-state index in [1.54, 1.807) is 61.6 Å². The van der Waals surface area contributed by atoms with E-state index in [2.05, 4.69) is 11.4 Å². The normalized spacial score (nSPS) is 13.6. The number of hydrogen-bond acceptors (Lipinski definition) is 4. The summed E-state index contributed by atoms with van der Waals surface area (Å²) in [5, 5.41) is 2.91. The second kappa shape index (κ2) is 10.3. The number of anilines is 2. The van der Waals surface area contributed by atoms with Crippen LogP contribution < -0.4 is 19.7 Å². The number of aryl methyl sites for hydroxylation is 1. The minimum absolute atomic E-state index is 0.0790. The molecular formula is C27H29N3O4. The molecule has 0 aromatic heterocycles. The predicted molar refractivity (Wildman–Crippen MR) is 133 cm³/mol. The highest BCUT2D eigenvalue weighted by Gasteiger charge is 2.29. The topological polar surface area (TPSA) is 71.1 Å². The molecule has 1 aliphatic heterocycles. The van der Waals surface area contributed by atoms with E-state index in [0.29, 0.717) is 48.1 Å². The van der Waals surface area contributed by atoms with Crippen LogP contribution in [-0.4, -0.2) is 44.1 Å². The summed E-state index contributed by atoms with van der Waals surface area (Å²) in [5.74, 6) is 1.01. The lowest BCUT2D eigenvalue weighted by Crippen LogP contribution is -2.49. The number of nitrogens with one attached hydrogen (secondary N) is 1. The molecule has 0 atom stereocenters. The van der Waals surface area contributed by atoms with Crippen molar-refractivity contribution < 1.29 is 19.1 Å². The lowest BCUT2D eigenvalue weighted by atomic mass is 10.1. The summed E-state index contributed by atoms with van der Waals surface area (Å²) in [6, 6.07) is 20.3. The molecule has 176 valence electrons. The Morgan fingerprint density at radius 3 is 2.47 bits per heavy atom. The van der Waals surface area contributed by atoms with Gasteiger partial charge in [0.25, 0.3) is 5.91 Å². The van der Waals surface area contributed by atoms with Gasteiger partial charge in [0, 0.05) is 30.9 Å². The van der Waals surface area contributed by atoms with Gasteiger partial charge in [-0.25, -0.2) is 4.79 Å². The van der Waals surface area contributed by atoms with Gasteiger partial charge in [0.15, 0.2) is 0 Å². The van der Waals surface area contributed by atoms with E-state index in [0.717, 1.165) is 12.0 Å². The number of nitrogens with zero attached hydrogens (tertiary/aromatic N) is 2. The highest BCUT2D eigenvalue weighted by Crippen LogP contribution is 2.34. The number of amides is 3. The lowest BCUT2D eigenvalue weighted by molar-refractivity contribution is 0.102. The molecule has 1 saturated heterocycles. The van der Waals surface area contributed by atoms with E-state index in [-0.39, 0.29) is 11.9 Å². The number of carbonyl (C=O) groups is 2. The highest BCUT2D eigenvalue weighted by atomic mass is 16.5. The summed E-state index contributed by atoms with van der Waals surface area (Å²) in [6.07, 6.45) is 0.836. The van der Waals surface area contributed by atoms with Crippen molar-refractivity contribution in [3.8, 4) is 11.5 Å². The van der Waals surface area contributed by atoms with Crippen LogP contribution in [0.3, 0.4) is 0 Å². The van der Waals surface area contributed by atoms with Gasteiger partial charge in [-0.05, 0) is 61.4 Å². The third-order valence-corrected chi connectivity index (χ3v) is 5.85. The Hall–Kier alpha value is -4.00. The van der Waals surface area contributed by atoms with E-state index in [1.807, 2.05) is 30.0 Å². The third kappa shape index (κ3) is 5.14. The molecule has 4 rings (SSSR count). The molecule has 0 bridgehead atoms. The monoisotopic (exact) mass is 459 g/mol. The largest absolute Gasteiger partial charge is 0.497 e. The van der Waals surface area contributed by atoms with Gasteiger partial charge in [-0.2, -0.15) is 0 Å². The van der Waals surface area contributed by atoms with Gasteiger partial charge in [-0.1, -0.05) is 29.8 Å². The van der Waals surface area contributed by atoms with Crippen LogP contribution in [0.15, 0.2) is 66.7 Å². The zero-order valence-corrected chi connectivity index (χ0v) is 19.7. The molecule has 0 saturated carbocycles. The summed E-state index contributed by atoms with van der Waals surface area (Å²) in [5.41, 5.74) is 3.99. The number of carbonyl (C=O) groups excluding carboxylic acids is 2. The Balaban J connectivity index is 1.54. The van der Waals surface area contributed by atoms with Crippen LogP contribution in [0.4, 0.5) is 16.2 Å². The number of benzene rings is 3. The molecule has 1 heterocycles. The van der Waals surface area contributed by atoms with Crippen molar-refractivity contribution in [2.75, 3.05) is 37.5 Å². The van der Waals surface area contributed by atoms with Gasteiger partial charge < -0.3 is 19.7 Å². The molecule has 3 aromatic carbocycles. The van der Waals surface area contributed by atoms with Crippen LogP contribution in [0.1, 0.15) is 27.9 Å². The van der Waals surface area contributed by atoms with Gasteiger partial charge in [-0.3, -0.25) is 9.69 Å². The smallest absolute Gasteiger partial charge is 0.324 e. The second-order valence-electron chi connectivity index (χ2n) is 8.27. The molecule has 7 nitrogen and oxygen atoms in total. The maximum Gasteiger partial charge on any atom is 0.324 e. The van der Waals surface area contributed by atoms with Gasteiger partial charge in [0.2, 0.25) is 0 Å². The van der Waals surface area contributed by atoms with Gasteiger partial charge in [-0.15, -0.1) is 0 Å². The van der Waals surface area contributed by atoms with E-state index >= 15 is 0 Å². The van der Waals surface area contributed by atoms with Gasteiger partial charge in [0.1, 0.15) is 11.5 Å². The van der Waals surface area contributed by atoms with Crippen LogP contribution in [0, 0.1) is 6.92 Å². The number of ether oxygens (including phenoxy) is 2. The Bertz CT molecular complexity index is 1180. The third-order valence-electron chi connectivity index (χ3n) is 5.85. The predicted octanol–water partition coefficient (Wildman–Crippen LogP) is 5.10. The minimum atomic E-state index is -0.246. The van der Waals surface area contributed by atoms with Crippen LogP contribution >= 0.6 is 0 Å². The average molecular weight is 460 g/mol. The quantitative estimate of drug-likeness (QED) is 0.534. The second-order valence-corrected chi connectivity index (χ2v) is 8.27. The zero-order chi connectivity index (χ0) is 24.1. The molecule has 3 aromatic rings. The molecule has 0 radical (unpaired) electrons. The number of methoxy groups -OCH3 is 2. The van der Waals surface area contributed by atoms with Crippen molar-refractivity contribution in [1.82, 2.24) is 4.90 Å². The molecule has 0 unspecified atom stereocenters. The number of urea groups is 1. The summed E-state index contributed by atoms with van der Waals surface area (Å²) in [7, 11) is 3.16. The molecule has 0 aliphatic carbocycles. The molecule has 34 heavy (non-hydrogen) atoms. The van der Waals surface area contributed by atoms with Crippen LogP contribution in [0.2, 0.25) is 0 Å². The van der Waals surface area contributed by atoms with Crippen LogP contribution in [-0.2, 0) is 6.54 Å². The molecule has 3 amide bonds. The van der Waals surface area contributed by atoms with E-state index in [9.17, 15) is 9.59 Å². The molecule has 1 fully saturated rings. The fourth-order valence-electron chi connectivity index (χ4n) is 4.11.